The summed E-state index contributed by atoms with van der Waals surface area (Å²) < 4.78 is 14.3. The van der Waals surface area contributed by atoms with Gasteiger partial charge in [-0.3, -0.25) is 9.59 Å². The summed E-state index contributed by atoms with van der Waals surface area (Å²) in [6.07, 6.45) is 0.0737. The van der Waals surface area contributed by atoms with E-state index in [0.717, 1.165) is 0 Å². The fourth-order valence-corrected chi connectivity index (χ4v) is 3.90. The molecule has 0 bridgehead atoms. The van der Waals surface area contributed by atoms with Gasteiger partial charge in [0.1, 0.15) is 11.9 Å². The Labute approximate surface area is 197 Å². The van der Waals surface area contributed by atoms with Gasteiger partial charge in [0.2, 0.25) is 11.8 Å². The lowest BCUT2D eigenvalue weighted by Gasteiger charge is -2.31. The molecule has 0 saturated heterocycles. The van der Waals surface area contributed by atoms with Crippen molar-refractivity contribution >= 4 is 46.6 Å². The van der Waals surface area contributed by atoms with Crippen molar-refractivity contribution in [2.45, 2.75) is 46.2 Å². The molecule has 2 aromatic carbocycles. The molecule has 4 nitrogen and oxygen atoms in total. The SMILES string of the molecule is CC[C@@H](C(=O)NCC(C)C)N(Cc1c(Cl)cccc1Cl)C(=O)Cc1c(F)cccc1Cl. The molecule has 1 atom stereocenters. The second kappa shape index (κ2) is 11.7. The van der Waals surface area contributed by atoms with Gasteiger partial charge in [-0.25, -0.2) is 4.39 Å². The second-order valence-corrected chi connectivity index (χ2v) is 8.88. The Morgan fingerprint density at radius 1 is 1.00 bits per heavy atom. The van der Waals surface area contributed by atoms with Crippen LogP contribution in [0.4, 0.5) is 4.39 Å². The molecular weight excluding hydrogens is 462 g/mol. The number of hydrogen-bond donors (Lipinski definition) is 1. The number of nitrogens with one attached hydrogen (secondary N) is 1. The number of hydrogen-bond acceptors (Lipinski definition) is 2. The van der Waals surface area contributed by atoms with Gasteiger partial charge in [0.25, 0.3) is 0 Å². The molecule has 8 heteroatoms. The number of nitrogens with zero attached hydrogens (tertiary/aromatic N) is 1. The normalized spacial score (nSPS) is 12.0. The van der Waals surface area contributed by atoms with Gasteiger partial charge in [0.05, 0.1) is 6.42 Å². The van der Waals surface area contributed by atoms with Crippen molar-refractivity contribution in [1.82, 2.24) is 10.2 Å². The van der Waals surface area contributed by atoms with E-state index < -0.39 is 17.8 Å². The molecule has 0 saturated carbocycles. The van der Waals surface area contributed by atoms with Gasteiger partial charge in [0, 0.05) is 39.3 Å². The van der Waals surface area contributed by atoms with Crippen LogP contribution in [0.1, 0.15) is 38.3 Å². The first-order chi connectivity index (χ1) is 14.6. The van der Waals surface area contributed by atoms with Crippen LogP contribution < -0.4 is 5.32 Å². The summed E-state index contributed by atoms with van der Waals surface area (Å²) in [5, 5.41) is 3.79. The number of amides is 2. The lowest BCUT2D eigenvalue weighted by molar-refractivity contribution is -0.141. The first-order valence-corrected chi connectivity index (χ1v) is 11.2. The smallest absolute Gasteiger partial charge is 0.242 e. The van der Waals surface area contributed by atoms with Crippen LogP contribution >= 0.6 is 34.8 Å². The van der Waals surface area contributed by atoms with Crippen LogP contribution in [-0.4, -0.2) is 29.3 Å². The largest absolute Gasteiger partial charge is 0.354 e. The van der Waals surface area contributed by atoms with Gasteiger partial charge in [-0.05, 0) is 36.6 Å². The van der Waals surface area contributed by atoms with Gasteiger partial charge < -0.3 is 10.2 Å². The maximum Gasteiger partial charge on any atom is 0.242 e. The van der Waals surface area contributed by atoms with E-state index in [9.17, 15) is 14.0 Å². The minimum Gasteiger partial charge on any atom is -0.354 e. The number of halogens is 4. The van der Waals surface area contributed by atoms with E-state index in [1.807, 2.05) is 20.8 Å². The van der Waals surface area contributed by atoms with Crippen LogP contribution in [0.25, 0.3) is 0 Å². The molecule has 2 rings (SSSR count). The number of rotatable bonds is 9. The van der Waals surface area contributed by atoms with E-state index in [0.29, 0.717) is 28.6 Å². The third-order valence-corrected chi connectivity index (χ3v) is 5.91. The van der Waals surface area contributed by atoms with Gasteiger partial charge in [-0.2, -0.15) is 0 Å². The average molecular weight is 488 g/mol. The monoisotopic (exact) mass is 486 g/mol. The molecule has 0 radical (unpaired) electrons. The Balaban J connectivity index is 2.40. The molecule has 31 heavy (non-hydrogen) atoms. The Morgan fingerprint density at radius 2 is 1.55 bits per heavy atom. The standard InChI is InChI=1S/C23H26Cl3FN2O2/c1-4-21(23(31)28-12-14(2)3)29(13-16-18(25)7-5-8-19(16)26)22(30)11-15-17(24)9-6-10-20(15)27/h5-10,14,21H,4,11-13H2,1-3H3,(H,28,31)/t21-/m0/s1. The summed E-state index contributed by atoms with van der Waals surface area (Å²) >= 11 is 18.7. The first kappa shape index (κ1) is 25.4. The van der Waals surface area contributed by atoms with Crippen LogP contribution in [0, 0.1) is 11.7 Å². The third kappa shape index (κ3) is 6.83. The van der Waals surface area contributed by atoms with E-state index in [2.05, 4.69) is 5.32 Å². The summed E-state index contributed by atoms with van der Waals surface area (Å²) in [6.45, 7) is 6.26. The fraction of sp³-hybridized carbons (Fsp3) is 0.391. The number of carbonyl (C=O) groups excluding carboxylic acids is 2. The Morgan fingerprint density at radius 3 is 2.06 bits per heavy atom. The summed E-state index contributed by atoms with van der Waals surface area (Å²) in [5.41, 5.74) is 0.607. The van der Waals surface area contributed by atoms with Crippen LogP contribution in [0.3, 0.4) is 0 Å². The Kier molecular flexibility index (Phi) is 9.60. The van der Waals surface area contributed by atoms with E-state index in [-0.39, 0.29) is 35.4 Å². The maximum absolute atomic E-state index is 14.3. The number of carbonyl (C=O) groups is 2. The number of benzene rings is 2. The van der Waals surface area contributed by atoms with Gasteiger partial charge >= 0.3 is 0 Å². The summed E-state index contributed by atoms with van der Waals surface area (Å²) in [7, 11) is 0. The molecule has 0 heterocycles. The fourth-order valence-electron chi connectivity index (χ4n) is 3.15. The Bertz CT molecular complexity index is 897. The summed E-state index contributed by atoms with van der Waals surface area (Å²) in [6, 6.07) is 8.50. The zero-order valence-corrected chi connectivity index (χ0v) is 20.0. The highest BCUT2D eigenvalue weighted by Gasteiger charge is 2.30. The quantitative estimate of drug-likeness (QED) is 0.478. The molecule has 0 aliphatic heterocycles. The molecule has 0 aromatic heterocycles. The van der Waals surface area contributed by atoms with Crippen molar-refractivity contribution in [1.29, 1.82) is 0 Å². The molecule has 0 unspecified atom stereocenters. The molecule has 0 spiro atoms. The van der Waals surface area contributed by atoms with E-state index in [1.165, 1.54) is 23.1 Å². The van der Waals surface area contributed by atoms with Crippen molar-refractivity contribution < 1.29 is 14.0 Å². The lowest BCUT2D eigenvalue weighted by atomic mass is 10.1. The predicted octanol–water partition coefficient (Wildman–Crippen LogP) is 5.91. The van der Waals surface area contributed by atoms with Crippen molar-refractivity contribution in [3.63, 3.8) is 0 Å². The molecule has 168 valence electrons. The molecule has 0 aliphatic carbocycles. The maximum atomic E-state index is 14.3. The van der Waals surface area contributed by atoms with Crippen molar-refractivity contribution in [2.75, 3.05) is 6.54 Å². The summed E-state index contributed by atoms with van der Waals surface area (Å²) in [5.74, 6) is -1.06. The minimum atomic E-state index is -0.774. The molecule has 2 aromatic rings. The summed E-state index contributed by atoms with van der Waals surface area (Å²) in [4.78, 5) is 27.6. The van der Waals surface area contributed by atoms with Crippen molar-refractivity contribution in [3.05, 3.63) is 68.4 Å². The molecular formula is C23H26Cl3FN2O2. The van der Waals surface area contributed by atoms with Crippen molar-refractivity contribution in [3.8, 4) is 0 Å². The zero-order valence-electron chi connectivity index (χ0n) is 17.7. The van der Waals surface area contributed by atoms with Gasteiger partial charge in [-0.1, -0.05) is 67.7 Å². The van der Waals surface area contributed by atoms with Gasteiger partial charge in [0.15, 0.2) is 0 Å². The lowest BCUT2D eigenvalue weighted by Crippen LogP contribution is -2.50. The minimum absolute atomic E-state index is 0.0109. The molecule has 1 N–H and O–H groups in total. The van der Waals surface area contributed by atoms with Crippen molar-refractivity contribution in [2.24, 2.45) is 5.92 Å². The topological polar surface area (TPSA) is 49.4 Å². The van der Waals surface area contributed by atoms with Crippen LogP contribution in [0.15, 0.2) is 36.4 Å². The highest BCUT2D eigenvalue weighted by Crippen LogP contribution is 2.28. The van der Waals surface area contributed by atoms with Crippen LogP contribution in [0.2, 0.25) is 15.1 Å². The van der Waals surface area contributed by atoms with E-state index in [4.69, 9.17) is 34.8 Å². The third-order valence-electron chi connectivity index (χ3n) is 4.85. The highest BCUT2D eigenvalue weighted by molar-refractivity contribution is 6.36. The van der Waals surface area contributed by atoms with Crippen LogP contribution in [-0.2, 0) is 22.6 Å². The molecule has 0 fully saturated rings. The van der Waals surface area contributed by atoms with Crippen LogP contribution in [0.5, 0.6) is 0 Å². The Hall–Kier alpha value is -1.82. The molecule has 2 amide bonds. The van der Waals surface area contributed by atoms with Gasteiger partial charge in [-0.15, -0.1) is 0 Å². The highest BCUT2D eigenvalue weighted by atomic mass is 35.5. The zero-order chi connectivity index (χ0) is 23.1. The average Bonchev–Trinajstić information content (AvgIpc) is 2.71. The van der Waals surface area contributed by atoms with E-state index in [1.54, 1.807) is 18.2 Å². The second-order valence-electron chi connectivity index (χ2n) is 7.66. The predicted molar refractivity (Wildman–Crippen MR) is 124 cm³/mol. The first-order valence-electron chi connectivity index (χ1n) is 10.1. The molecule has 0 aliphatic rings. The van der Waals surface area contributed by atoms with E-state index >= 15 is 0 Å².